The third-order valence-electron chi connectivity index (χ3n) is 4.39. The molecule has 0 spiro atoms. The summed E-state index contributed by atoms with van der Waals surface area (Å²) in [6.45, 7) is 0.802. The topological polar surface area (TPSA) is 189 Å². The van der Waals surface area contributed by atoms with Crippen LogP contribution in [0.25, 0.3) is 0 Å². The van der Waals surface area contributed by atoms with Gasteiger partial charge in [-0.2, -0.15) is 5.26 Å². The van der Waals surface area contributed by atoms with Crippen LogP contribution in [0.5, 0.6) is 0 Å². The first-order chi connectivity index (χ1) is 13.1. The molecule has 1 aliphatic rings. The fraction of sp³-hybridized carbons (Fsp3) is 0.500. The number of ether oxygens (including phenoxy) is 2. The van der Waals surface area contributed by atoms with Crippen LogP contribution in [0, 0.1) is 23.3 Å². The van der Waals surface area contributed by atoms with Crippen molar-refractivity contribution in [2.75, 3.05) is 6.61 Å². The molecule has 0 amide bonds. The molecule has 1 saturated heterocycles. The van der Waals surface area contributed by atoms with Crippen molar-refractivity contribution in [1.82, 2.24) is 9.55 Å². The van der Waals surface area contributed by atoms with E-state index >= 15 is 0 Å². The van der Waals surface area contributed by atoms with Crippen molar-refractivity contribution in [2.45, 2.75) is 32.0 Å². The number of nitrogens with one attached hydrogen (secondary N) is 1. The molecule has 12 heteroatoms. The van der Waals surface area contributed by atoms with Crippen LogP contribution < -0.4 is 11.2 Å². The Labute approximate surface area is 156 Å². The number of carboxylic acids is 2. The van der Waals surface area contributed by atoms with Crippen LogP contribution in [0.2, 0.25) is 0 Å². The predicted octanol–water partition coefficient (Wildman–Crippen LogP) is -0.949. The SMILES string of the molecule is CC(=O)OC[C@@H]1O[C@H](c2cn(C#N)c(=O)[nH]c2=O)[C@@H](CC(=O)O)[C@H]1CC(=O)O. The fourth-order valence-electron chi connectivity index (χ4n) is 3.26. The molecule has 0 aliphatic carbocycles. The van der Waals surface area contributed by atoms with Crippen molar-refractivity contribution < 1.29 is 34.1 Å². The highest BCUT2D eigenvalue weighted by atomic mass is 16.6. The number of aromatic amines is 1. The first-order valence-corrected chi connectivity index (χ1v) is 8.12. The number of nitriles is 1. The second kappa shape index (κ2) is 8.49. The maximum atomic E-state index is 12.2. The van der Waals surface area contributed by atoms with Gasteiger partial charge in [0.15, 0.2) is 6.19 Å². The van der Waals surface area contributed by atoms with Gasteiger partial charge >= 0.3 is 23.6 Å². The fourth-order valence-corrected chi connectivity index (χ4v) is 3.26. The van der Waals surface area contributed by atoms with E-state index in [-0.39, 0.29) is 12.2 Å². The maximum Gasteiger partial charge on any atom is 0.341 e. The molecule has 0 unspecified atom stereocenters. The lowest BCUT2D eigenvalue weighted by Crippen LogP contribution is -2.33. The first kappa shape index (κ1) is 20.8. The van der Waals surface area contributed by atoms with E-state index in [0.29, 0.717) is 4.57 Å². The number of H-pyrrole nitrogens is 1. The number of carboxylic acid groups (broad SMARTS) is 2. The average Bonchev–Trinajstić information content (AvgIpc) is 2.89. The van der Waals surface area contributed by atoms with Crippen LogP contribution in [0.1, 0.15) is 31.4 Å². The zero-order chi connectivity index (χ0) is 21.0. The monoisotopic (exact) mass is 395 g/mol. The Balaban J connectivity index is 2.51. The molecule has 150 valence electrons. The zero-order valence-electron chi connectivity index (χ0n) is 14.7. The Morgan fingerprint density at radius 3 is 2.39 bits per heavy atom. The highest BCUT2D eigenvalue weighted by Crippen LogP contribution is 2.45. The number of esters is 1. The minimum Gasteiger partial charge on any atom is -0.481 e. The maximum absolute atomic E-state index is 12.2. The van der Waals surface area contributed by atoms with Crippen LogP contribution in [-0.2, 0) is 23.9 Å². The Bertz CT molecular complexity index is 942. The van der Waals surface area contributed by atoms with E-state index in [1.807, 2.05) is 4.98 Å². The minimum atomic E-state index is -1.26. The van der Waals surface area contributed by atoms with Gasteiger partial charge in [-0.3, -0.25) is 24.2 Å². The van der Waals surface area contributed by atoms with Gasteiger partial charge in [-0.15, -0.1) is 0 Å². The summed E-state index contributed by atoms with van der Waals surface area (Å²) in [5, 5.41) is 27.4. The molecular weight excluding hydrogens is 378 g/mol. The second-order valence-corrected chi connectivity index (χ2v) is 6.23. The number of aromatic nitrogens is 2. The second-order valence-electron chi connectivity index (χ2n) is 6.23. The smallest absolute Gasteiger partial charge is 0.341 e. The molecule has 1 aromatic heterocycles. The molecule has 28 heavy (non-hydrogen) atoms. The van der Waals surface area contributed by atoms with Crippen LogP contribution in [0.15, 0.2) is 15.8 Å². The minimum absolute atomic E-state index is 0.201. The lowest BCUT2D eigenvalue weighted by atomic mass is 9.81. The molecule has 1 fully saturated rings. The van der Waals surface area contributed by atoms with Crippen molar-refractivity contribution in [3.63, 3.8) is 0 Å². The van der Waals surface area contributed by atoms with Gasteiger partial charge in [0, 0.05) is 25.0 Å². The van der Waals surface area contributed by atoms with Crippen molar-refractivity contribution in [3.8, 4) is 6.19 Å². The number of aliphatic carboxylic acids is 2. The van der Waals surface area contributed by atoms with Crippen LogP contribution in [-0.4, -0.2) is 50.4 Å². The third-order valence-corrected chi connectivity index (χ3v) is 4.39. The predicted molar refractivity (Wildman–Crippen MR) is 88.1 cm³/mol. The number of hydrogen-bond donors (Lipinski definition) is 3. The number of carbonyl (C=O) groups excluding carboxylic acids is 1. The van der Waals surface area contributed by atoms with E-state index in [2.05, 4.69) is 0 Å². The summed E-state index contributed by atoms with van der Waals surface area (Å²) in [4.78, 5) is 59.4. The van der Waals surface area contributed by atoms with Crippen molar-refractivity contribution in [1.29, 1.82) is 5.26 Å². The number of carbonyl (C=O) groups is 3. The van der Waals surface area contributed by atoms with Crippen LogP contribution >= 0.6 is 0 Å². The van der Waals surface area contributed by atoms with Gasteiger partial charge in [-0.25, -0.2) is 9.36 Å². The van der Waals surface area contributed by atoms with E-state index in [0.717, 1.165) is 13.1 Å². The molecule has 2 rings (SSSR count). The van der Waals surface area contributed by atoms with Gasteiger partial charge in [0.2, 0.25) is 0 Å². The van der Waals surface area contributed by atoms with E-state index in [1.54, 1.807) is 0 Å². The quantitative estimate of drug-likeness (QED) is 0.485. The molecule has 0 bridgehead atoms. The summed E-state index contributed by atoms with van der Waals surface area (Å²) in [5.74, 6) is -4.99. The lowest BCUT2D eigenvalue weighted by Gasteiger charge is -2.21. The van der Waals surface area contributed by atoms with Gasteiger partial charge in [-0.05, 0) is 0 Å². The van der Waals surface area contributed by atoms with E-state index in [9.17, 15) is 34.2 Å². The lowest BCUT2D eigenvalue weighted by molar-refractivity contribution is -0.146. The molecular formula is C16H17N3O9. The molecule has 2 heterocycles. The highest BCUT2D eigenvalue weighted by molar-refractivity contribution is 5.69. The Kier molecular flexibility index (Phi) is 6.32. The Morgan fingerprint density at radius 2 is 1.86 bits per heavy atom. The van der Waals surface area contributed by atoms with Gasteiger partial charge < -0.3 is 19.7 Å². The molecule has 1 aromatic rings. The van der Waals surface area contributed by atoms with E-state index in [4.69, 9.17) is 14.7 Å². The molecule has 12 nitrogen and oxygen atoms in total. The van der Waals surface area contributed by atoms with Gasteiger partial charge in [0.1, 0.15) is 6.61 Å². The third kappa shape index (κ3) is 4.63. The summed E-state index contributed by atoms with van der Waals surface area (Å²) in [6, 6.07) is 0. The number of rotatable bonds is 7. The number of hydrogen-bond acceptors (Lipinski definition) is 8. The highest BCUT2D eigenvalue weighted by Gasteiger charge is 2.48. The van der Waals surface area contributed by atoms with Crippen molar-refractivity contribution >= 4 is 17.9 Å². The van der Waals surface area contributed by atoms with E-state index in [1.165, 1.54) is 6.19 Å². The summed E-state index contributed by atoms with van der Waals surface area (Å²) < 4.78 is 11.1. The van der Waals surface area contributed by atoms with Gasteiger partial charge in [0.05, 0.1) is 30.6 Å². The molecule has 3 N–H and O–H groups in total. The van der Waals surface area contributed by atoms with Gasteiger partial charge in [-0.1, -0.05) is 0 Å². The molecule has 0 radical (unpaired) electrons. The van der Waals surface area contributed by atoms with Crippen LogP contribution in [0.4, 0.5) is 0 Å². The molecule has 0 saturated carbocycles. The summed E-state index contributed by atoms with van der Waals surface area (Å²) >= 11 is 0. The van der Waals surface area contributed by atoms with Crippen LogP contribution in [0.3, 0.4) is 0 Å². The van der Waals surface area contributed by atoms with Crippen molar-refractivity contribution in [2.24, 2.45) is 11.8 Å². The normalized spacial score (nSPS) is 23.7. The average molecular weight is 395 g/mol. The number of nitrogens with zero attached hydrogens (tertiary/aromatic N) is 2. The molecule has 0 aromatic carbocycles. The summed E-state index contributed by atoms with van der Waals surface area (Å²) in [5.41, 5.74) is -2.07. The van der Waals surface area contributed by atoms with Gasteiger partial charge in [0.25, 0.3) is 5.56 Å². The Morgan fingerprint density at radius 1 is 1.25 bits per heavy atom. The Hall–Kier alpha value is -3.46. The summed E-state index contributed by atoms with van der Waals surface area (Å²) in [6.07, 6.45) is -0.776. The molecule has 4 atom stereocenters. The largest absolute Gasteiger partial charge is 0.481 e. The van der Waals surface area contributed by atoms with E-state index < -0.39 is 66.0 Å². The standard InChI is InChI=1S/C16H17N3O9/c1-7(20)27-5-11-8(2-12(21)22)9(3-13(23)24)14(28-11)10-4-19(6-17)16(26)18-15(10)25/h4,8-9,11,14H,2-3,5H2,1H3,(H,21,22)(H,23,24)(H,18,25,26)/t8-,9+,11+,14+/m1/s1. The zero-order valence-corrected chi connectivity index (χ0v) is 14.7. The summed E-state index contributed by atoms with van der Waals surface area (Å²) in [7, 11) is 0. The van der Waals surface area contributed by atoms with Crippen molar-refractivity contribution in [3.05, 3.63) is 32.6 Å². The molecule has 1 aliphatic heterocycles. The first-order valence-electron chi connectivity index (χ1n) is 8.12.